The summed E-state index contributed by atoms with van der Waals surface area (Å²) in [5, 5.41) is 10.7. The third-order valence-electron chi connectivity index (χ3n) is 3.74. The van der Waals surface area contributed by atoms with E-state index in [1.165, 1.54) is 24.6 Å². The van der Waals surface area contributed by atoms with Crippen molar-refractivity contribution in [1.29, 1.82) is 0 Å². The fourth-order valence-electron chi connectivity index (χ4n) is 2.59. The van der Waals surface area contributed by atoms with Crippen LogP contribution in [-0.2, 0) is 4.79 Å². The Morgan fingerprint density at radius 1 is 1.35 bits per heavy atom. The van der Waals surface area contributed by atoms with E-state index in [4.69, 9.17) is 0 Å². The van der Waals surface area contributed by atoms with E-state index >= 15 is 0 Å². The largest absolute Gasteiger partial charge is 0.301 e. The van der Waals surface area contributed by atoms with Crippen molar-refractivity contribution in [2.24, 2.45) is 4.99 Å². The van der Waals surface area contributed by atoms with Crippen molar-refractivity contribution in [1.82, 2.24) is 15.5 Å². The lowest BCUT2D eigenvalue weighted by Crippen LogP contribution is -2.21. The molecule has 1 saturated carbocycles. The molecule has 0 atom stereocenters. The Morgan fingerprint density at radius 3 is 2.75 bits per heavy atom. The van der Waals surface area contributed by atoms with E-state index in [9.17, 15) is 4.79 Å². The smallest absolute Gasteiger partial charge is 0.264 e. The highest BCUT2D eigenvalue weighted by Crippen LogP contribution is 2.29. The number of nitrogens with zero attached hydrogens (tertiary/aromatic N) is 2. The minimum Gasteiger partial charge on any atom is -0.301 e. The van der Waals surface area contributed by atoms with Crippen molar-refractivity contribution in [2.45, 2.75) is 45.6 Å². The van der Waals surface area contributed by atoms with Gasteiger partial charge in [-0.25, -0.2) is 0 Å². The van der Waals surface area contributed by atoms with Gasteiger partial charge >= 0.3 is 0 Å². The summed E-state index contributed by atoms with van der Waals surface area (Å²) in [6.07, 6.45) is 6.66. The number of thioether (sulfide) groups is 1. The Bertz CT molecular complexity index is 577. The van der Waals surface area contributed by atoms with Crippen molar-refractivity contribution < 1.29 is 4.79 Å². The number of aryl methyl sites for hydroxylation is 2. The molecule has 1 aromatic heterocycles. The first kappa shape index (κ1) is 13.4. The number of nitrogens with one attached hydrogen (secondary N) is 2. The van der Waals surface area contributed by atoms with Crippen LogP contribution in [0.1, 0.15) is 42.6 Å². The summed E-state index contributed by atoms with van der Waals surface area (Å²) in [5.41, 5.74) is 2.87. The third-order valence-corrected chi connectivity index (χ3v) is 4.66. The molecule has 3 rings (SSSR count). The van der Waals surface area contributed by atoms with E-state index in [0.29, 0.717) is 10.9 Å². The van der Waals surface area contributed by atoms with Gasteiger partial charge in [-0.2, -0.15) is 5.10 Å². The molecule has 1 amide bonds. The number of amides is 1. The Morgan fingerprint density at radius 2 is 2.10 bits per heavy atom. The summed E-state index contributed by atoms with van der Waals surface area (Å²) in [5.74, 6) is -0.0632. The van der Waals surface area contributed by atoms with Crippen LogP contribution in [0.4, 0.5) is 0 Å². The lowest BCUT2D eigenvalue weighted by atomic mass is 10.2. The van der Waals surface area contributed by atoms with Gasteiger partial charge in [0.05, 0.1) is 16.6 Å². The molecule has 20 heavy (non-hydrogen) atoms. The van der Waals surface area contributed by atoms with Crippen molar-refractivity contribution in [3.8, 4) is 0 Å². The first-order valence-electron chi connectivity index (χ1n) is 6.94. The van der Waals surface area contributed by atoms with Crippen molar-refractivity contribution in [2.75, 3.05) is 0 Å². The average molecular weight is 290 g/mol. The number of rotatable bonds is 2. The molecule has 1 aromatic rings. The lowest BCUT2D eigenvalue weighted by molar-refractivity contribution is -0.115. The first-order chi connectivity index (χ1) is 9.63. The van der Waals surface area contributed by atoms with Crippen LogP contribution < -0.4 is 5.32 Å². The van der Waals surface area contributed by atoms with Crippen molar-refractivity contribution >= 4 is 28.9 Å². The Labute approximate surface area is 122 Å². The predicted molar refractivity (Wildman–Crippen MR) is 81.5 cm³/mol. The summed E-state index contributed by atoms with van der Waals surface area (Å²) < 4.78 is 0. The molecule has 1 aliphatic carbocycles. The number of amidine groups is 1. The average Bonchev–Trinajstić information content (AvgIpc) is 3.09. The number of H-pyrrole nitrogens is 1. The molecule has 1 aliphatic heterocycles. The molecule has 2 fully saturated rings. The number of aromatic amines is 1. The first-order valence-corrected chi connectivity index (χ1v) is 7.75. The molecule has 6 heteroatoms. The van der Waals surface area contributed by atoms with Gasteiger partial charge in [-0.05, 0) is 44.5 Å². The van der Waals surface area contributed by atoms with Crippen molar-refractivity contribution in [3.05, 3.63) is 21.9 Å². The summed E-state index contributed by atoms with van der Waals surface area (Å²) >= 11 is 1.43. The fourth-order valence-corrected chi connectivity index (χ4v) is 3.47. The Hall–Kier alpha value is -1.56. The van der Waals surface area contributed by atoms with E-state index in [1.54, 1.807) is 0 Å². The lowest BCUT2D eigenvalue weighted by Gasteiger charge is -2.02. The Balaban J connectivity index is 1.80. The maximum absolute atomic E-state index is 12.0. The third kappa shape index (κ3) is 2.65. The van der Waals surface area contributed by atoms with Gasteiger partial charge in [0, 0.05) is 11.3 Å². The van der Waals surface area contributed by atoms with Gasteiger partial charge in [0.1, 0.15) is 0 Å². The maximum atomic E-state index is 12.0. The molecule has 106 valence electrons. The topological polar surface area (TPSA) is 70.1 Å². The van der Waals surface area contributed by atoms with Crippen LogP contribution >= 0.6 is 11.8 Å². The summed E-state index contributed by atoms with van der Waals surface area (Å²) in [6.45, 7) is 3.89. The van der Waals surface area contributed by atoms with Gasteiger partial charge in [-0.3, -0.25) is 14.9 Å². The molecule has 0 unspecified atom stereocenters. The highest BCUT2D eigenvalue weighted by atomic mass is 32.2. The molecular weight excluding hydrogens is 272 g/mol. The molecule has 1 saturated heterocycles. The van der Waals surface area contributed by atoms with Gasteiger partial charge in [0.25, 0.3) is 5.91 Å². The summed E-state index contributed by atoms with van der Waals surface area (Å²) in [7, 11) is 0. The molecule has 0 spiro atoms. The van der Waals surface area contributed by atoms with Gasteiger partial charge in [-0.15, -0.1) is 0 Å². The van der Waals surface area contributed by atoms with Gasteiger partial charge in [0.15, 0.2) is 5.17 Å². The SMILES string of the molecule is Cc1n[nH]c(C)c1/C=C1\SC(=NC2CCCC2)NC1=O. The van der Waals surface area contributed by atoms with E-state index in [2.05, 4.69) is 20.5 Å². The fraction of sp³-hybridized carbons (Fsp3) is 0.500. The van der Waals surface area contributed by atoms with Gasteiger partial charge < -0.3 is 5.32 Å². The van der Waals surface area contributed by atoms with Gasteiger partial charge in [0.2, 0.25) is 0 Å². The highest BCUT2D eigenvalue weighted by Gasteiger charge is 2.26. The second-order valence-electron chi connectivity index (χ2n) is 5.28. The number of carbonyl (C=O) groups excluding carboxylic acids is 1. The monoisotopic (exact) mass is 290 g/mol. The van der Waals surface area contributed by atoms with E-state index in [0.717, 1.165) is 35.0 Å². The minimum absolute atomic E-state index is 0.0632. The van der Waals surface area contributed by atoms with Crippen molar-refractivity contribution in [3.63, 3.8) is 0 Å². The molecule has 2 N–H and O–H groups in total. The molecule has 0 radical (unpaired) electrons. The van der Waals surface area contributed by atoms with Gasteiger partial charge in [-0.1, -0.05) is 12.8 Å². The van der Waals surface area contributed by atoms with Crippen LogP contribution in [0.2, 0.25) is 0 Å². The minimum atomic E-state index is -0.0632. The van der Waals surface area contributed by atoms with Crippen LogP contribution in [-0.4, -0.2) is 27.3 Å². The van der Waals surface area contributed by atoms with E-state index in [-0.39, 0.29) is 5.91 Å². The summed E-state index contributed by atoms with van der Waals surface area (Å²) in [4.78, 5) is 17.3. The zero-order valence-corrected chi connectivity index (χ0v) is 12.5. The van der Waals surface area contributed by atoms with Crippen LogP contribution in [0.15, 0.2) is 9.90 Å². The molecule has 0 bridgehead atoms. The molecule has 2 heterocycles. The number of aromatic nitrogens is 2. The quantitative estimate of drug-likeness (QED) is 0.822. The molecule has 0 aromatic carbocycles. The molecule has 2 aliphatic rings. The molecular formula is C14H18N4OS. The van der Waals surface area contributed by atoms with E-state index < -0.39 is 0 Å². The van der Waals surface area contributed by atoms with Crippen LogP contribution in [0.25, 0.3) is 6.08 Å². The zero-order chi connectivity index (χ0) is 14.1. The second-order valence-corrected chi connectivity index (χ2v) is 6.32. The Kier molecular flexibility index (Phi) is 3.65. The maximum Gasteiger partial charge on any atom is 0.264 e. The van der Waals surface area contributed by atoms with Crippen LogP contribution in [0, 0.1) is 13.8 Å². The number of aliphatic imine (C=N–C) groups is 1. The zero-order valence-electron chi connectivity index (χ0n) is 11.7. The number of carbonyl (C=O) groups is 1. The highest BCUT2D eigenvalue weighted by molar-refractivity contribution is 8.18. The summed E-state index contributed by atoms with van der Waals surface area (Å²) in [6, 6.07) is 0.384. The predicted octanol–water partition coefficient (Wildman–Crippen LogP) is 2.53. The number of hydrogen-bond donors (Lipinski definition) is 2. The van der Waals surface area contributed by atoms with Crippen LogP contribution in [0.3, 0.4) is 0 Å². The number of hydrogen-bond acceptors (Lipinski definition) is 4. The van der Waals surface area contributed by atoms with Crippen LogP contribution in [0.5, 0.6) is 0 Å². The normalized spacial score (nSPS) is 24.0. The van der Waals surface area contributed by atoms with E-state index in [1.807, 2.05) is 19.9 Å². The molecule has 5 nitrogen and oxygen atoms in total. The standard InChI is InChI=1S/C14H18N4OS/c1-8-11(9(2)18-17-8)7-12-13(19)16-14(20-12)15-10-5-3-4-6-10/h7,10H,3-6H2,1-2H3,(H,17,18)(H,15,16,19)/b12-7-. The second kappa shape index (κ2) is 5.44.